The van der Waals surface area contributed by atoms with Gasteiger partial charge in [-0.3, -0.25) is 0 Å². The van der Waals surface area contributed by atoms with Crippen LogP contribution in [-0.2, 0) is 0 Å². The van der Waals surface area contributed by atoms with Crippen molar-refractivity contribution in [1.29, 1.82) is 0 Å². The molecule has 21 heavy (non-hydrogen) atoms. The van der Waals surface area contributed by atoms with Gasteiger partial charge in [0.15, 0.2) is 0 Å². The molecule has 1 aliphatic rings. The predicted octanol–water partition coefficient (Wildman–Crippen LogP) is 4.35. The molecule has 0 atom stereocenters. The van der Waals surface area contributed by atoms with Crippen LogP contribution >= 0.6 is 27.7 Å². The smallest absolute Gasteiger partial charge is 0.201 e. The summed E-state index contributed by atoms with van der Waals surface area (Å²) in [4.78, 5) is 0.850. The fourth-order valence-corrected chi connectivity index (χ4v) is 3.08. The van der Waals surface area contributed by atoms with Crippen molar-refractivity contribution in [3.8, 4) is 0 Å². The number of benzene rings is 1. The highest BCUT2D eigenvalue weighted by atomic mass is 79.9. The quantitative estimate of drug-likeness (QED) is 0.789. The van der Waals surface area contributed by atoms with Crippen molar-refractivity contribution in [2.24, 2.45) is 5.10 Å². The number of halogens is 3. The monoisotopic (exact) mass is 370 g/mol. The van der Waals surface area contributed by atoms with Gasteiger partial charge in [0.25, 0.3) is 6.43 Å². The first-order valence-electron chi connectivity index (χ1n) is 6.00. The lowest BCUT2D eigenvalue weighted by Gasteiger charge is -2.14. The summed E-state index contributed by atoms with van der Waals surface area (Å²) in [5, 5.41) is 11.8. The first-order valence-corrected chi connectivity index (χ1v) is 7.60. The molecular formula is C13H9BrF2N4S. The fraction of sp³-hybridized carbons (Fsp3) is 0.154. The highest BCUT2D eigenvalue weighted by Gasteiger charge is 2.25. The van der Waals surface area contributed by atoms with E-state index in [0.29, 0.717) is 10.9 Å². The highest BCUT2D eigenvalue weighted by molar-refractivity contribution is 9.10. The van der Waals surface area contributed by atoms with E-state index >= 15 is 0 Å². The van der Waals surface area contributed by atoms with Gasteiger partial charge >= 0.3 is 0 Å². The zero-order valence-electron chi connectivity index (χ0n) is 10.8. The maximum absolute atomic E-state index is 12.8. The second-order valence-corrected chi connectivity index (χ2v) is 6.13. The topological polar surface area (TPSA) is 43.1 Å². The molecule has 1 aromatic carbocycles. The number of nitrogens with zero attached hydrogens (tertiary/aromatic N) is 4. The van der Waals surface area contributed by atoms with Crippen molar-refractivity contribution >= 4 is 39.5 Å². The van der Waals surface area contributed by atoms with E-state index in [1.807, 2.05) is 30.3 Å². The molecule has 3 rings (SSSR count). The number of aromatic nitrogens is 3. The third-order valence-corrected chi connectivity index (χ3v) is 4.62. The number of hydrogen-bond acceptors (Lipinski definition) is 4. The van der Waals surface area contributed by atoms with Gasteiger partial charge < -0.3 is 0 Å². The Morgan fingerprint density at radius 1 is 1.29 bits per heavy atom. The van der Waals surface area contributed by atoms with Crippen molar-refractivity contribution in [3.63, 3.8) is 0 Å². The number of thioether (sulfide) groups is 1. The van der Waals surface area contributed by atoms with E-state index in [1.54, 1.807) is 6.92 Å². The van der Waals surface area contributed by atoms with Crippen molar-refractivity contribution < 1.29 is 8.78 Å². The Morgan fingerprint density at radius 2 is 2.05 bits per heavy atom. The second kappa shape index (κ2) is 5.69. The van der Waals surface area contributed by atoms with Crippen LogP contribution in [0.2, 0.25) is 0 Å². The van der Waals surface area contributed by atoms with Crippen LogP contribution in [0.4, 0.5) is 8.78 Å². The Morgan fingerprint density at radius 3 is 2.76 bits per heavy atom. The first kappa shape index (κ1) is 14.4. The summed E-state index contributed by atoms with van der Waals surface area (Å²) in [6, 6.07) is 7.74. The second-order valence-electron chi connectivity index (χ2n) is 4.27. The first-order chi connectivity index (χ1) is 10.1. The van der Waals surface area contributed by atoms with Gasteiger partial charge in [0.05, 0.1) is 5.71 Å². The molecule has 0 fully saturated rings. The van der Waals surface area contributed by atoms with Crippen LogP contribution in [0.5, 0.6) is 0 Å². The van der Waals surface area contributed by atoms with Gasteiger partial charge in [-0.2, -0.15) is 9.78 Å². The van der Waals surface area contributed by atoms with E-state index in [0.717, 1.165) is 19.6 Å². The lowest BCUT2D eigenvalue weighted by molar-refractivity contribution is 0.135. The Bertz CT molecular complexity index is 754. The van der Waals surface area contributed by atoms with Crippen LogP contribution in [0.25, 0.3) is 6.08 Å². The summed E-state index contributed by atoms with van der Waals surface area (Å²) in [6.07, 6.45) is -0.759. The molecule has 108 valence electrons. The molecule has 0 saturated heterocycles. The lowest BCUT2D eigenvalue weighted by Crippen LogP contribution is -2.09. The zero-order chi connectivity index (χ0) is 15.0. The summed E-state index contributed by atoms with van der Waals surface area (Å²) < 4.78 is 27.6. The summed E-state index contributed by atoms with van der Waals surface area (Å²) in [6.45, 7) is 1.77. The SMILES string of the molecule is CC1=Nn2c(nnc2C(F)F)SC1=Cc1ccccc1Br. The van der Waals surface area contributed by atoms with Crippen molar-refractivity contribution in [1.82, 2.24) is 14.9 Å². The van der Waals surface area contributed by atoms with Crippen molar-refractivity contribution in [2.45, 2.75) is 18.5 Å². The molecule has 0 spiro atoms. The van der Waals surface area contributed by atoms with Crippen LogP contribution in [0, 0.1) is 0 Å². The van der Waals surface area contributed by atoms with Gasteiger partial charge in [0, 0.05) is 9.38 Å². The van der Waals surface area contributed by atoms with E-state index in [-0.39, 0.29) is 0 Å². The normalized spacial score (nSPS) is 16.2. The van der Waals surface area contributed by atoms with Gasteiger partial charge in [-0.1, -0.05) is 34.1 Å². The van der Waals surface area contributed by atoms with Crippen LogP contribution in [0.3, 0.4) is 0 Å². The Hall–Kier alpha value is -1.54. The Labute approximate surface area is 132 Å². The molecule has 2 aromatic rings. The maximum atomic E-state index is 12.8. The van der Waals surface area contributed by atoms with Gasteiger partial charge in [-0.05, 0) is 36.4 Å². The molecule has 0 amide bonds. The molecule has 1 aromatic heterocycles. The highest BCUT2D eigenvalue weighted by Crippen LogP contribution is 2.35. The molecule has 1 aliphatic heterocycles. The lowest BCUT2D eigenvalue weighted by atomic mass is 10.2. The third-order valence-electron chi connectivity index (χ3n) is 2.83. The number of rotatable bonds is 2. The molecule has 0 unspecified atom stereocenters. The van der Waals surface area contributed by atoms with Crippen LogP contribution in [-0.4, -0.2) is 20.6 Å². The van der Waals surface area contributed by atoms with E-state index in [2.05, 4.69) is 31.2 Å². The minimum atomic E-state index is -2.70. The molecular weight excluding hydrogens is 362 g/mol. The van der Waals surface area contributed by atoms with Crippen LogP contribution < -0.4 is 0 Å². The van der Waals surface area contributed by atoms with Gasteiger partial charge in [0.2, 0.25) is 11.0 Å². The fourth-order valence-electron chi connectivity index (χ4n) is 1.81. The van der Waals surface area contributed by atoms with E-state index in [1.165, 1.54) is 11.8 Å². The minimum Gasteiger partial charge on any atom is -0.201 e. The average Bonchev–Trinajstić information content (AvgIpc) is 2.84. The van der Waals surface area contributed by atoms with E-state index in [4.69, 9.17) is 0 Å². The van der Waals surface area contributed by atoms with E-state index in [9.17, 15) is 8.78 Å². The summed E-state index contributed by atoms with van der Waals surface area (Å²) >= 11 is 4.74. The maximum Gasteiger partial charge on any atom is 0.299 e. The summed E-state index contributed by atoms with van der Waals surface area (Å²) in [7, 11) is 0. The molecule has 8 heteroatoms. The number of fused-ring (bicyclic) bond motifs is 1. The third kappa shape index (κ3) is 2.77. The Kier molecular flexibility index (Phi) is 3.90. The molecule has 0 N–H and O–H groups in total. The van der Waals surface area contributed by atoms with Crippen molar-refractivity contribution in [2.75, 3.05) is 0 Å². The van der Waals surface area contributed by atoms with Crippen molar-refractivity contribution in [3.05, 3.63) is 45.0 Å². The Balaban J connectivity index is 2.01. The molecule has 0 aliphatic carbocycles. The van der Waals surface area contributed by atoms with Gasteiger partial charge in [-0.15, -0.1) is 10.2 Å². The number of hydrogen-bond donors (Lipinski definition) is 0. The average molecular weight is 371 g/mol. The van der Waals surface area contributed by atoms with Crippen LogP contribution in [0.1, 0.15) is 24.7 Å². The largest absolute Gasteiger partial charge is 0.299 e. The summed E-state index contributed by atoms with van der Waals surface area (Å²) in [5.41, 5.74) is 1.63. The van der Waals surface area contributed by atoms with Gasteiger partial charge in [-0.25, -0.2) is 8.78 Å². The molecule has 2 heterocycles. The molecule has 4 nitrogen and oxygen atoms in total. The van der Waals surface area contributed by atoms with Crippen LogP contribution in [0.15, 0.2) is 43.9 Å². The molecule has 0 saturated carbocycles. The predicted molar refractivity (Wildman–Crippen MR) is 81.5 cm³/mol. The number of alkyl halides is 2. The zero-order valence-corrected chi connectivity index (χ0v) is 13.2. The standard InChI is InChI=1S/C13H9BrF2N4S/c1-7-10(6-8-4-2-3-5-9(8)14)21-13-18-17-12(11(15)16)20(13)19-7/h2-6,11H,1H3. The minimum absolute atomic E-state index is 0.342. The van der Waals surface area contributed by atoms with Gasteiger partial charge in [0.1, 0.15) is 0 Å². The van der Waals surface area contributed by atoms with E-state index < -0.39 is 12.2 Å². The molecule has 0 radical (unpaired) electrons. The number of allylic oxidation sites excluding steroid dienone is 1. The summed E-state index contributed by atoms with van der Waals surface area (Å²) in [5.74, 6) is -0.434. The molecule has 0 bridgehead atoms.